The van der Waals surface area contributed by atoms with Crippen molar-refractivity contribution in [2.24, 2.45) is 5.92 Å². The Kier molecular flexibility index (Phi) is 2.68. The summed E-state index contributed by atoms with van der Waals surface area (Å²) in [6.07, 6.45) is 0.127. The lowest BCUT2D eigenvalue weighted by atomic mass is 9.92. The number of rotatable bonds is 2. The summed E-state index contributed by atoms with van der Waals surface area (Å²) in [5.74, 6) is -0.208. The van der Waals surface area contributed by atoms with Gasteiger partial charge in [0.05, 0.1) is 19.4 Å². The molecule has 56 valence electrons. The molecule has 0 aliphatic carbocycles. The smallest absolute Gasteiger partial charge is 0.109 e. The van der Waals surface area contributed by atoms with E-state index in [2.05, 4.69) is 0 Å². The van der Waals surface area contributed by atoms with Gasteiger partial charge in [0.25, 0.3) is 0 Å². The lowest BCUT2D eigenvalue weighted by Crippen LogP contribution is -2.21. The van der Waals surface area contributed by atoms with E-state index in [0.717, 1.165) is 0 Å². The summed E-state index contributed by atoms with van der Waals surface area (Å²) in [5, 5.41) is 8.64. The Morgan fingerprint density at radius 1 is 1.70 bits per heavy atom. The van der Waals surface area contributed by atoms with Gasteiger partial charge in [-0.15, -0.1) is 0 Å². The molecule has 1 N–H and O–H groups in total. The number of hydrogen-bond donors (Lipinski definition) is 1. The summed E-state index contributed by atoms with van der Waals surface area (Å²) >= 11 is 0. The van der Waals surface area contributed by atoms with Crippen LogP contribution in [0.3, 0.4) is 0 Å². The van der Waals surface area contributed by atoms with Gasteiger partial charge in [0.2, 0.25) is 0 Å². The Labute approximate surface area is 60.8 Å². The minimum absolute atomic E-state index is 0.137. The number of ether oxygens (including phenoxy) is 1. The van der Waals surface area contributed by atoms with E-state index >= 15 is 0 Å². The van der Waals surface area contributed by atoms with Crippen LogP contribution in [0.5, 0.6) is 0 Å². The normalized spacial score (nSPS) is 40.4. The first-order chi connectivity index (χ1) is 4.77. The summed E-state index contributed by atoms with van der Waals surface area (Å²) in [7, 11) is 5.37. The first kappa shape index (κ1) is 8.02. The number of alkyl halides is 1. The zero-order chi connectivity index (χ0) is 7.56. The van der Waals surface area contributed by atoms with Gasteiger partial charge in [-0.2, -0.15) is 0 Å². The molecule has 1 rings (SSSR count). The molecule has 0 saturated carbocycles. The van der Waals surface area contributed by atoms with Crippen molar-refractivity contribution in [2.75, 3.05) is 13.3 Å². The molecular formula is C6H10BFO2. The summed E-state index contributed by atoms with van der Waals surface area (Å²) in [6, 6.07) is -0.391. The van der Waals surface area contributed by atoms with Crippen LogP contribution < -0.4 is 0 Å². The van der Waals surface area contributed by atoms with E-state index in [-0.39, 0.29) is 18.6 Å². The maximum absolute atomic E-state index is 12.1. The molecule has 0 bridgehead atoms. The SMILES string of the molecule is [B]C1CC(CF)C(CO)O1. The lowest BCUT2D eigenvalue weighted by molar-refractivity contribution is 0.0225. The molecule has 3 atom stereocenters. The van der Waals surface area contributed by atoms with Crippen LogP contribution >= 0.6 is 0 Å². The van der Waals surface area contributed by atoms with Crippen molar-refractivity contribution < 1.29 is 14.2 Å². The fraction of sp³-hybridized carbons (Fsp3) is 1.00. The second-order valence-electron chi connectivity index (χ2n) is 2.55. The van der Waals surface area contributed by atoms with E-state index in [1.54, 1.807) is 0 Å². The Bertz CT molecular complexity index is 99.9. The molecule has 1 heterocycles. The second kappa shape index (κ2) is 3.35. The highest BCUT2D eigenvalue weighted by atomic mass is 19.1. The maximum atomic E-state index is 12.1. The highest BCUT2D eigenvalue weighted by molar-refractivity contribution is 6.11. The predicted octanol–water partition coefficient (Wildman–Crippen LogP) is -0.152. The fourth-order valence-electron chi connectivity index (χ4n) is 1.20. The summed E-state index contributed by atoms with van der Waals surface area (Å²) in [4.78, 5) is 0. The van der Waals surface area contributed by atoms with E-state index in [9.17, 15) is 4.39 Å². The molecular weight excluding hydrogens is 134 g/mol. The van der Waals surface area contributed by atoms with Crippen molar-refractivity contribution in [1.82, 2.24) is 0 Å². The summed E-state index contributed by atoms with van der Waals surface area (Å²) < 4.78 is 17.1. The predicted molar refractivity (Wildman–Crippen MR) is 35.6 cm³/mol. The van der Waals surface area contributed by atoms with E-state index in [4.69, 9.17) is 17.7 Å². The molecule has 1 aliphatic heterocycles. The third kappa shape index (κ3) is 1.49. The average Bonchev–Trinajstić information content (AvgIpc) is 2.30. The molecule has 1 saturated heterocycles. The molecule has 0 aromatic carbocycles. The van der Waals surface area contributed by atoms with Crippen molar-refractivity contribution >= 4 is 7.85 Å². The lowest BCUT2D eigenvalue weighted by Gasteiger charge is -2.11. The summed E-state index contributed by atoms with van der Waals surface area (Å²) in [6.45, 7) is -0.596. The van der Waals surface area contributed by atoms with Crippen molar-refractivity contribution in [2.45, 2.75) is 18.5 Å². The minimum Gasteiger partial charge on any atom is -0.394 e. The van der Waals surface area contributed by atoms with E-state index < -0.39 is 12.7 Å². The largest absolute Gasteiger partial charge is 0.394 e. The van der Waals surface area contributed by atoms with Gasteiger partial charge in [0.15, 0.2) is 0 Å². The van der Waals surface area contributed by atoms with E-state index in [0.29, 0.717) is 6.42 Å². The molecule has 0 amide bonds. The van der Waals surface area contributed by atoms with Crippen LogP contribution in [0.15, 0.2) is 0 Å². The molecule has 0 spiro atoms. The zero-order valence-corrected chi connectivity index (χ0v) is 5.66. The van der Waals surface area contributed by atoms with E-state index in [1.165, 1.54) is 0 Å². The van der Waals surface area contributed by atoms with Crippen LogP contribution in [-0.2, 0) is 4.74 Å². The maximum Gasteiger partial charge on any atom is 0.109 e. The Balaban J connectivity index is 2.41. The van der Waals surface area contributed by atoms with Crippen LogP contribution in [0.4, 0.5) is 4.39 Å². The van der Waals surface area contributed by atoms with Crippen molar-refractivity contribution in [3.63, 3.8) is 0 Å². The number of aliphatic hydroxyl groups is 1. The van der Waals surface area contributed by atoms with Gasteiger partial charge >= 0.3 is 0 Å². The quantitative estimate of drug-likeness (QED) is 0.546. The van der Waals surface area contributed by atoms with Crippen LogP contribution in [0, 0.1) is 5.92 Å². The van der Waals surface area contributed by atoms with Gasteiger partial charge in [0, 0.05) is 11.9 Å². The second-order valence-corrected chi connectivity index (χ2v) is 2.55. The van der Waals surface area contributed by atoms with Gasteiger partial charge in [-0.05, 0) is 6.42 Å². The Hall–Kier alpha value is -0.0851. The van der Waals surface area contributed by atoms with Gasteiger partial charge < -0.3 is 9.84 Å². The number of hydrogen-bond acceptors (Lipinski definition) is 2. The third-order valence-electron chi connectivity index (χ3n) is 1.79. The molecule has 3 unspecified atom stereocenters. The third-order valence-corrected chi connectivity index (χ3v) is 1.79. The zero-order valence-electron chi connectivity index (χ0n) is 5.66. The highest BCUT2D eigenvalue weighted by Crippen LogP contribution is 2.24. The Morgan fingerprint density at radius 2 is 2.40 bits per heavy atom. The first-order valence-corrected chi connectivity index (χ1v) is 3.35. The topological polar surface area (TPSA) is 29.5 Å². The standard InChI is InChI=1S/C6H10BFO2/c7-6-1-4(2-8)5(3-9)10-6/h4-6,9H,1-3H2. The van der Waals surface area contributed by atoms with Crippen LogP contribution in [0.1, 0.15) is 6.42 Å². The van der Waals surface area contributed by atoms with Crippen molar-refractivity contribution in [3.05, 3.63) is 0 Å². The molecule has 2 nitrogen and oxygen atoms in total. The average molecular weight is 144 g/mol. The number of halogens is 1. The van der Waals surface area contributed by atoms with E-state index in [1.807, 2.05) is 0 Å². The molecule has 0 aromatic heterocycles. The van der Waals surface area contributed by atoms with Gasteiger partial charge in [-0.1, -0.05) is 0 Å². The molecule has 1 aliphatic rings. The number of aliphatic hydroxyl groups excluding tert-OH is 1. The molecule has 0 aromatic rings. The first-order valence-electron chi connectivity index (χ1n) is 3.35. The van der Waals surface area contributed by atoms with Gasteiger partial charge in [-0.25, -0.2) is 0 Å². The Morgan fingerprint density at radius 3 is 2.80 bits per heavy atom. The van der Waals surface area contributed by atoms with Crippen molar-refractivity contribution in [3.8, 4) is 0 Å². The monoisotopic (exact) mass is 144 g/mol. The molecule has 1 fully saturated rings. The van der Waals surface area contributed by atoms with Crippen LogP contribution in [0.2, 0.25) is 0 Å². The van der Waals surface area contributed by atoms with Gasteiger partial charge in [0.1, 0.15) is 7.85 Å². The highest BCUT2D eigenvalue weighted by Gasteiger charge is 2.31. The van der Waals surface area contributed by atoms with Gasteiger partial charge in [-0.3, -0.25) is 4.39 Å². The fourth-order valence-corrected chi connectivity index (χ4v) is 1.20. The van der Waals surface area contributed by atoms with Crippen LogP contribution in [0.25, 0.3) is 0 Å². The van der Waals surface area contributed by atoms with Crippen molar-refractivity contribution in [1.29, 1.82) is 0 Å². The molecule has 2 radical (unpaired) electrons. The molecule has 4 heteroatoms. The molecule has 10 heavy (non-hydrogen) atoms. The van der Waals surface area contributed by atoms with Crippen LogP contribution in [-0.4, -0.2) is 38.3 Å². The minimum atomic E-state index is -0.459. The summed E-state index contributed by atoms with van der Waals surface area (Å²) in [5.41, 5.74) is 0.